The van der Waals surface area contributed by atoms with Crippen LogP contribution in [0, 0.1) is 0 Å². The van der Waals surface area contributed by atoms with Gasteiger partial charge >= 0.3 is 0 Å². The van der Waals surface area contributed by atoms with Gasteiger partial charge in [0, 0.05) is 11.8 Å². The second-order valence-corrected chi connectivity index (χ2v) is 5.35. The average molecular weight is 267 g/mol. The summed E-state index contributed by atoms with van der Waals surface area (Å²) in [5.41, 5.74) is 3.55. The van der Waals surface area contributed by atoms with Gasteiger partial charge in [-0.3, -0.25) is 0 Å². The zero-order valence-corrected chi connectivity index (χ0v) is 12.0. The van der Waals surface area contributed by atoms with Crippen LogP contribution in [0.4, 0.5) is 0 Å². The first kappa shape index (κ1) is 13.3. The second-order valence-electron chi connectivity index (χ2n) is 5.35. The summed E-state index contributed by atoms with van der Waals surface area (Å²) in [7, 11) is 0. The van der Waals surface area contributed by atoms with Gasteiger partial charge in [-0.2, -0.15) is 0 Å². The molecule has 1 aliphatic heterocycles. The van der Waals surface area contributed by atoms with Crippen molar-refractivity contribution in [1.82, 2.24) is 15.3 Å². The summed E-state index contributed by atoms with van der Waals surface area (Å²) >= 11 is 0. The van der Waals surface area contributed by atoms with E-state index in [9.17, 15) is 0 Å². The van der Waals surface area contributed by atoms with Crippen LogP contribution in [-0.2, 0) is 6.42 Å². The maximum Gasteiger partial charge on any atom is 0.145 e. The molecule has 1 unspecified atom stereocenters. The standard InChI is InChI=1S/C17H21N3/c1-2-13-6-8-14(9-7-13)15-10-12-19-17(20-15)16-5-3-4-11-18-16/h6-10,12,16,18H,2-5,11H2,1H3. The van der Waals surface area contributed by atoms with E-state index in [2.05, 4.69) is 41.5 Å². The predicted molar refractivity (Wildman–Crippen MR) is 81.4 cm³/mol. The third-order valence-corrected chi connectivity index (χ3v) is 3.95. The van der Waals surface area contributed by atoms with Crippen LogP contribution in [0.15, 0.2) is 36.5 Å². The molecule has 0 saturated carbocycles. The Morgan fingerprint density at radius 3 is 2.70 bits per heavy atom. The molecule has 0 amide bonds. The van der Waals surface area contributed by atoms with E-state index < -0.39 is 0 Å². The molecule has 1 aliphatic rings. The Morgan fingerprint density at radius 1 is 1.15 bits per heavy atom. The fraction of sp³-hybridized carbons (Fsp3) is 0.412. The minimum absolute atomic E-state index is 0.318. The topological polar surface area (TPSA) is 37.8 Å². The summed E-state index contributed by atoms with van der Waals surface area (Å²) in [4.78, 5) is 9.20. The summed E-state index contributed by atoms with van der Waals surface area (Å²) in [6.07, 6.45) is 6.60. The number of rotatable bonds is 3. The van der Waals surface area contributed by atoms with E-state index in [-0.39, 0.29) is 0 Å². The van der Waals surface area contributed by atoms with Crippen molar-refractivity contribution in [2.75, 3.05) is 6.54 Å². The van der Waals surface area contributed by atoms with Gasteiger partial charge in [-0.1, -0.05) is 37.6 Å². The smallest absolute Gasteiger partial charge is 0.145 e. The second kappa shape index (κ2) is 6.14. The predicted octanol–water partition coefficient (Wildman–Crippen LogP) is 3.52. The molecule has 1 aromatic carbocycles. The van der Waals surface area contributed by atoms with Gasteiger partial charge in [0.15, 0.2) is 0 Å². The lowest BCUT2D eigenvalue weighted by Gasteiger charge is -2.22. The van der Waals surface area contributed by atoms with Gasteiger partial charge in [0.05, 0.1) is 11.7 Å². The van der Waals surface area contributed by atoms with Crippen LogP contribution in [-0.4, -0.2) is 16.5 Å². The molecule has 1 N–H and O–H groups in total. The van der Waals surface area contributed by atoms with E-state index in [1.165, 1.54) is 24.0 Å². The highest BCUT2D eigenvalue weighted by Gasteiger charge is 2.17. The van der Waals surface area contributed by atoms with E-state index in [4.69, 9.17) is 4.98 Å². The fourth-order valence-corrected chi connectivity index (χ4v) is 2.69. The van der Waals surface area contributed by atoms with Crippen molar-refractivity contribution in [1.29, 1.82) is 0 Å². The van der Waals surface area contributed by atoms with Crippen LogP contribution in [0.2, 0.25) is 0 Å². The highest BCUT2D eigenvalue weighted by molar-refractivity contribution is 5.59. The Hall–Kier alpha value is -1.74. The summed E-state index contributed by atoms with van der Waals surface area (Å²) in [5.74, 6) is 0.932. The first-order valence-electron chi connectivity index (χ1n) is 7.52. The number of hydrogen-bond donors (Lipinski definition) is 1. The zero-order chi connectivity index (χ0) is 13.8. The van der Waals surface area contributed by atoms with Gasteiger partial charge in [-0.05, 0) is 37.4 Å². The van der Waals surface area contributed by atoms with Gasteiger partial charge in [-0.15, -0.1) is 0 Å². The molecule has 0 bridgehead atoms. The summed E-state index contributed by atoms with van der Waals surface area (Å²) in [5, 5.41) is 3.51. The Balaban J connectivity index is 1.85. The number of benzene rings is 1. The summed E-state index contributed by atoms with van der Waals surface area (Å²) < 4.78 is 0. The number of hydrogen-bond acceptors (Lipinski definition) is 3. The van der Waals surface area contributed by atoms with Gasteiger partial charge in [-0.25, -0.2) is 9.97 Å². The molecule has 1 atom stereocenters. The van der Waals surface area contributed by atoms with Crippen molar-refractivity contribution in [3.05, 3.63) is 47.9 Å². The van der Waals surface area contributed by atoms with Crippen LogP contribution >= 0.6 is 0 Å². The molecule has 0 aliphatic carbocycles. The molecule has 1 aromatic heterocycles. The molecular formula is C17H21N3. The van der Waals surface area contributed by atoms with Crippen LogP contribution in [0.25, 0.3) is 11.3 Å². The monoisotopic (exact) mass is 267 g/mol. The quantitative estimate of drug-likeness (QED) is 0.924. The minimum atomic E-state index is 0.318. The highest BCUT2D eigenvalue weighted by atomic mass is 15.0. The Bertz CT molecular complexity index is 557. The lowest BCUT2D eigenvalue weighted by molar-refractivity contribution is 0.397. The molecule has 3 heteroatoms. The van der Waals surface area contributed by atoms with Crippen LogP contribution in [0.1, 0.15) is 43.6 Å². The molecule has 1 saturated heterocycles. The van der Waals surface area contributed by atoms with Gasteiger partial charge in [0.1, 0.15) is 5.82 Å². The minimum Gasteiger partial charge on any atom is -0.307 e. The van der Waals surface area contributed by atoms with E-state index in [0.29, 0.717) is 6.04 Å². The molecule has 0 radical (unpaired) electrons. The third kappa shape index (κ3) is 2.88. The largest absolute Gasteiger partial charge is 0.307 e. The molecule has 2 aromatic rings. The SMILES string of the molecule is CCc1ccc(-c2ccnc(C3CCCCN3)n2)cc1. The maximum atomic E-state index is 4.75. The van der Waals surface area contributed by atoms with E-state index >= 15 is 0 Å². The van der Waals surface area contributed by atoms with Crippen molar-refractivity contribution in [2.24, 2.45) is 0 Å². The van der Waals surface area contributed by atoms with E-state index in [1.807, 2.05) is 12.3 Å². The number of aryl methyl sites for hydroxylation is 1. The summed E-state index contributed by atoms with van der Waals surface area (Å²) in [6.45, 7) is 3.25. The van der Waals surface area contributed by atoms with Crippen molar-refractivity contribution in [3.63, 3.8) is 0 Å². The molecule has 0 spiro atoms. The lowest BCUT2D eigenvalue weighted by Crippen LogP contribution is -2.28. The molecule has 3 nitrogen and oxygen atoms in total. The number of piperidine rings is 1. The average Bonchev–Trinajstić information content (AvgIpc) is 2.56. The highest BCUT2D eigenvalue weighted by Crippen LogP contribution is 2.23. The third-order valence-electron chi connectivity index (χ3n) is 3.95. The molecule has 2 heterocycles. The van der Waals surface area contributed by atoms with Crippen LogP contribution in [0.5, 0.6) is 0 Å². The number of nitrogens with zero attached hydrogens (tertiary/aromatic N) is 2. The molecule has 20 heavy (non-hydrogen) atoms. The number of nitrogens with one attached hydrogen (secondary N) is 1. The number of aromatic nitrogens is 2. The lowest BCUT2D eigenvalue weighted by atomic mass is 10.0. The first-order valence-corrected chi connectivity index (χ1v) is 7.52. The van der Waals surface area contributed by atoms with E-state index in [1.54, 1.807) is 0 Å². The molecule has 3 rings (SSSR count). The molecule has 1 fully saturated rings. The first-order chi connectivity index (χ1) is 9.86. The molecular weight excluding hydrogens is 246 g/mol. The van der Waals surface area contributed by atoms with Crippen molar-refractivity contribution < 1.29 is 0 Å². The van der Waals surface area contributed by atoms with Crippen molar-refractivity contribution in [2.45, 2.75) is 38.6 Å². The van der Waals surface area contributed by atoms with E-state index in [0.717, 1.165) is 30.9 Å². The van der Waals surface area contributed by atoms with Gasteiger partial charge in [0.25, 0.3) is 0 Å². The van der Waals surface area contributed by atoms with Gasteiger partial charge in [0.2, 0.25) is 0 Å². The Labute approximate surface area is 120 Å². The van der Waals surface area contributed by atoms with Gasteiger partial charge < -0.3 is 5.32 Å². The summed E-state index contributed by atoms with van der Waals surface area (Å²) in [6, 6.07) is 11.0. The van der Waals surface area contributed by atoms with Crippen LogP contribution in [0.3, 0.4) is 0 Å². The normalized spacial score (nSPS) is 18.9. The van der Waals surface area contributed by atoms with Crippen molar-refractivity contribution >= 4 is 0 Å². The fourth-order valence-electron chi connectivity index (χ4n) is 2.69. The van der Waals surface area contributed by atoms with Crippen molar-refractivity contribution in [3.8, 4) is 11.3 Å². The molecule has 104 valence electrons. The maximum absolute atomic E-state index is 4.75. The zero-order valence-electron chi connectivity index (χ0n) is 12.0. The van der Waals surface area contributed by atoms with Crippen LogP contribution < -0.4 is 5.32 Å². The Morgan fingerprint density at radius 2 is 2.00 bits per heavy atom. The Kier molecular flexibility index (Phi) is 4.07.